The maximum atomic E-state index is 12.8. The van der Waals surface area contributed by atoms with Crippen LogP contribution in [0.1, 0.15) is 0 Å². The summed E-state index contributed by atoms with van der Waals surface area (Å²) in [7, 11) is 0. The summed E-state index contributed by atoms with van der Waals surface area (Å²) >= 11 is 3.07. The number of hydrogen-bond acceptors (Lipinski definition) is 3. The van der Waals surface area contributed by atoms with Crippen LogP contribution in [0.4, 0.5) is 4.39 Å². The van der Waals surface area contributed by atoms with Gasteiger partial charge in [0, 0.05) is 5.56 Å². The van der Waals surface area contributed by atoms with Gasteiger partial charge in [-0.15, -0.1) is 5.10 Å². The number of benzene rings is 1. The zero-order valence-corrected chi connectivity index (χ0v) is 7.92. The molecule has 0 unspecified atom stereocenters. The van der Waals surface area contributed by atoms with E-state index in [1.54, 1.807) is 12.1 Å². The zero-order valence-electron chi connectivity index (χ0n) is 6.33. The highest BCUT2D eigenvalue weighted by Crippen LogP contribution is 2.21. The lowest BCUT2D eigenvalue weighted by atomic mass is 10.2. The van der Waals surface area contributed by atoms with Crippen LogP contribution < -0.4 is 0 Å². The van der Waals surface area contributed by atoms with E-state index in [1.165, 1.54) is 6.07 Å². The van der Waals surface area contributed by atoms with E-state index < -0.39 is 0 Å². The van der Waals surface area contributed by atoms with Gasteiger partial charge < -0.3 is 0 Å². The first-order valence-corrected chi connectivity index (χ1v) is 4.26. The lowest BCUT2D eigenvalue weighted by Crippen LogP contribution is -1.83. The van der Waals surface area contributed by atoms with Crippen molar-refractivity contribution in [3.8, 4) is 11.4 Å². The normalized spacial score (nSPS) is 10.3. The van der Waals surface area contributed by atoms with E-state index in [4.69, 9.17) is 0 Å². The van der Waals surface area contributed by atoms with E-state index in [2.05, 4.69) is 36.6 Å². The molecule has 1 aromatic heterocycles. The summed E-state index contributed by atoms with van der Waals surface area (Å²) in [6, 6.07) is 4.56. The predicted octanol–water partition coefficient (Wildman–Crippen LogP) is 1.77. The molecule has 4 nitrogen and oxygen atoms in total. The number of nitrogens with zero attached hydrogens (tertiary/aromatic N) is 3. The minimum atomic E-state index is -0.309. The highest BCUT2D eigenvalue weighted by Gasteiger charge is 2.04. The number of aromatic amines is 1. The Morgan fingerprint density at radius 2 is 2.23 bits per heavy atom. The molecule has 13 heavy (non-hydrogen) atoms. The molecular weight excluding hydrogens is 239 g/mol. The van der Waals surface area contributed by atoms with E-state index in [-0.39, 0.29) is 5.82 Å². The van der Waals surface area contributed by atoms with Crippen molar-refractivity contribution in [3.05, 3.63) is 28.5 Å². The number of nitrogens with one attached hydrogen (secondary N) is 1. The minimum absolute atomic E-state index is 0.309. The molecule has 66 valence electrons. The third-order valence-corrected chi connectivity index (χ3v) is 2.15. The fraction of sp³-hybridized carbons (Fsp3) is 0. The van der Waals surface area contributed by atoms with Gasteiger partial charge in [-0.1, -0.05) is 0 Å². The third-order valence-electron chi connectivity index (χ3n) is 1.54. The average Bonchev–Trinajstić information content (AvgIpc) is 2.62. The quantitative estimate of drug-likeness (QED) is 0.830. The maximum Gasteiger partial charge on any atom is 0.179 e. The monoisotopic (exact) mass is 242 g/mol. The largest absolute Gasteiger partial charge is 0.239 e. The van der Waals surface area contributed by atoms with Crippen LogP contribution in [0.3, 0.4) is 0 Å². The van der Waals surface area contributed by atoms with Crippen molar-refractivity contribution in [2.75, 3.05) is 0 Å². The lowest BCUT2D eigenvalue weighted by molar-refractivity contribution is 0.621. The number of H-pyrrole nitrogens is 1. The first-order valence-electron chi connectivity index (χ1n) is 3.46. The van der Waals surface area contributed by atoms with Gasteiger partial charge in [0.1, 0.15) is 5.82 Å². The molecule has 6 heteroatoms. The van der Waals surface area contributed by atoms with Gasteiger partial charge in [0.05, 0.1) is 4.47 Å². The first kappa shape index (κ1) is 8.31. The van der Waals surface area contributed by atoms with Crippen molar-refractivity contribution in [1.29, 1.82) is 0 Å². The van der Waals surface area contributed by atoms with Gasteiger partial charge >= 0.3 is 0 Å². The van der Waals surface area contributed by atoms with E-state index >= 15 is 0 Å². The van der Waals surface area contributed by atoms with Crippen molar-refractivity contribution in [2.45, 2.75) is 0 Å². The third kappa shape index (κ3) is 1.57. The molecule has 0 bridgehead atoms. The molecule has 0 saturated heterocycles. The van der Waals surface area contributed by atoms with Crippen LogP contribution in [-0.4, -0.2) is 20.6 Å². The molecule has 2 aromatic rings. The topological polar surface area (TPSA) is 54.5 Å². The summed E-state index contributed by atoms with van der Waals surface area (Å²) in [6.45, 7) is 0. The minimum Gasteiger partial charge on any atom is -0.239 e. The molecular formula is C7H4BrFN4. The van der Waals surface area contributed by atoms with Gasteiger partial charge in [-0.3, -0.25) is 0 Å². The number of rotatable bonds is 1. The van der Waals surface area contributed by atoms with Crippen molar-refractivity contribution in [2.24, 2.45) is 0 Å². The smallest absolute Gasteiger partial charge is 0.179 e. The van der Waals surface area contributed by atoms with Gasteiger partial charge in [0.2, 0.25) is 0 Å². The molecule has 0 spiro atoms. The Bertz CT molecular complexity index is 414. The van der Waals surface area contributed by atoms with E-state index in [9.17, 15) is 4.39 Å². The maximum absolute atomic E-state index is 12.8. The molecule has 0 radical (unpaired) electrons. The Balaban J connectivity index is 2.49. The standard InChI is InChI=1S/C7H4BrFN4/c8-5-3-4(1-2-6(5)9)7-10-12-13-11-7/h1-3H,(H,10,11,12,13). The summed E-state index contributed by atoms with van der Waals surface area (Å²) in [5.41, 5.74) is 0.735. The fourth-order valence-electron chi connectivity index (χ4n) is 0.925. The van der Waals surface area contributed by atoms with Crippen LogP contribution in [-0.2, 0) is 0 Å². The van der Waals surface area contributed by atoms with E-state index in [0.29, 0.717) is 10.3 Å². The van der Waals surface area contributed by atoms with Gasteiger partial charge in [-0.25, -0.2) is 9.49 Å². The first-order chi connectivity index (χ1) is 6.27. The number of halogens is 2. The van der Waals surface area contributed by atoms with Gasteiger partial charge in [-0.05, 0) is 44.6 Å². The van der Waals surface area contributed by atoms with E-state index in [0.717, 1.165) is 5.56 Å². The number of aromatic nitrogens is 4. The Kier molecular flexibility index (Phi) is 2.05. The summed E-state index contributed by atoms with van der Waals surface area (Å²) in [5.74, 6) is 0.205. The van der Waals surface area contributed by atoms with Crippen molar-refractivity contribution in [3.63, 3.8) is 0 Å². The Labute approximate surface area is 81.3 Å². The molecule has 1 N–H and O–H groups in total. The zero-order chi connectivity index (χ0) is 9.26. The van der Waals surface area contributed by atoms with Gasteiger partial charge in [-0.2, -0.15) is 0 Å². The predicted molar refractivity (Wildman–Crippen MR) is 47.3 cm³/mol. The molecule has 2 rings (SSSR count). The summed E-state index contributed by atoms with van der Waals surface area (Å²) < 4.78 is 13.2. The van der Waals surface area contributed by atoms with E-state index in [1.807, 2.05) is 0 Å². The van der Waals surface area contributed by atoms with Crippen LogP contribution >= 0.6 is 15.9 Å². The highest BCUT2D eigenvalue weighted by molar-refractivity contribution is 9.10. The number of tetrazole rings is 1. The molecule has 0 atom stereocenters. The van der Waals surface area contributed by atoms with Gasteiger partial charge in [0.25, 0.3) is 0 Å². The molecule has 0 aliphatic carbocycles. The highest BCUT2D eigenvalue weighted by atomic mass is 79.9. The molecule has 1 heterocycles. The van der Waals surface area contributed by atoms with Crippen molar-refractivity contribution in [1.82, 2.24) is 20.6 Å². The van der Waals surface area contributed by atoms with Crippen LogP contribution in [0.5, 0.6) is 0 Å². The molecule has 0 amide bonds. The lowest BCUT2D eigenvalue weighted by Gasteiger charge is -1.96. The molecule has 0 fully saturated rings. The fourth-order valence-corrected chi connectivity index (χ4v) is 1.30. The van der Waals surface area contributed by atoms with Crippen LogP contribution in [0.15, 0.2) is 22.7 Å². The van der Waals surface area contributed by atoms with Crippen LogP contribution in [0, 0.1) is 5.82 Å². The van der Waals surface area contributed by atoms with Crippen LogP contribution in [0.25, 0.3) is 11.4 Å². The SMILES string of the molecule is Fc1ccc(-c2nnn[nH]2)cc1Br. The molecule has 1 aromatic carbocycles. The molecule has 0 saturated carbocycles. The number of hydrogen-bond donors (Lipinski definition) is 1. The van der Waals surface area contributed by atoms with Gasteiger partial charge in [0.15, 0.2) is 5.82 Å². The summed E-state index contributed by atoms with van der Waals surface area (Å²) in [4.78, 5) is 0. The average molecular weight is 243 g/mol. The van der Waals surface area contributed by atoms with Crippen molar-refractivity contribution >= 4 is 15.9 Å². The Hall–Kier alpha value is -1.30. The summed E-state index contributed by atoms with van der Waals surface area (Å²) in [5, 5.41) is 13.1. The summed E-state index contributed by atoms with van der Waals surface area (Å²) in [6.07, 6.45) is 0. The Morgan fingerprint density at radius 1 is 1.38 bits per heavy atom. The Morgan fingerprint density at radius 3 is 2.85 bits per heavy atom. The second-order valence-electron chi connectivity index (χ2n) is 2.38. The van der Waals surface area contributed by atoms with Crippen molar-refractivity contribution < 1.29 is 4.39 Å². The molecule has 0 aliphatic rings. The second-order valence-corrected chi connectivity index (χ2v) is 3.23. The van der Waals surface area contributed by atoms with Crippen LogP contribution in [0.2, 0.25) is 0 Å². The second kappa shape index (κ2) is 3.21. The molecule has 0 aliphatic heterocycles.